The van der Waals surface area contributed by atoms with Gasteiger partial charge in [0, 0.05) is 6.20 Å². The number of benzene rings is 1. The molecule has 0 aliphatic carbocycles. The molecule has 1 aromatic heterocycles. The van der Waals surface area contributed by atoms with Crippen LogP contribution >= 0.6 is 0 Å². The zero-order valence-corrected chi connectivity index (χ0v) is 9.35. The number of hydrogen-bond acceptors (Lipinski definition) is 3. The molecule has 2 aromatic rings. The fraction of sp³-hybridized carbons (Fsp3) is 0.0769. The van der Waals surface area contributed by atoms with Gasteiger partial charge in [0.25, 0.3) is 5.91 Å². The predicted octanol–water partition coefficient (Wildman–Crippen LogP) is 2.07. The molecule has 1 amide bonds. The van der Waals surface area contributed by atoms with Crippen LogP contribution in [-0.4, -0.2) is 10.9 Å². The molecule has 2 N–H and O–H groups in total. The van der Waals surface area contributed by atoms with Crippen LogP contribution < -0.4 is 10.6 Å². The summed E-state index contributed by atoms with van der Waals surface area (Å²) in [4.78, 5) is 16.0. The van der Waals surface area contributed by atoms with Gasteiger partial charge in [-0.15, -0.1) is 0 Å². The molecule has 18 heavy (non-hydrogen) atoms. The van der Waals surface area contributed by atoms with Gasteiger partial charge in [-0.25, -0.2) is 9.37 Å². The maximum Gasteiger partial charge on any atom is 0.256 e. The summed E-state index contributed by atoms with van der Waals surface area (Å²) < 4.78 is 12.8. The summed E-state index contributed by atoms with van der Waals surface area (Å²) >= 11 is 0. The molecule has 0 fully saturated rings. The normalized spacial score (nSPS) is 17.6. The first-order valence-corrected chi connectivity index (χ1v) is 5.52. The largest absolute Gasteiger partial charge is 0.346 e. The fourth-order valence-corrected chi connectivity index (χ4v) is 1.91. The Bertz CT molecular complexity index is 597. The Morgan fingerprint density at radius 3 is 2.67 bits per heavy atom. The van der Waals surface area contributed by atoms with E-state index in [4.69, 9.17) is 0 Å². The molecular formula is C13H10FN3O. The Morgan fingerprint density at radius 2 is 1.89 bits per heavy atom. The Labute approximate surface area is 103 Å². The standard InChI is InChI=1S/C13H10FN3O/c14-9-5-3-8(4-6-9)11-16-12-10(13(18)17-11)2-1-7-15-12/h1-7,11H,(H,15,16)(H,17,18)/t11-/m0/s1. The smallest absolute Gasteiger partial charge is 0.256 e. The van der Waals surface area contributed by atoms with Crippen LogP contribution in [0.5, 0.6) is 0 Å². The molecule has 1 atom stereocenters. The first-order valence-electron chi connectivity index (χ1n) is 5.52. The van der Waals surface area contributed by atoms with Crippen LogP contribution in [0.25, 0.3) is 0 Å². The van der Waals surface area contributed by atoms with Crippen LogP contribution in [0.3, 0.4) is 0 Å². The number of aromatic nitrogens is 1. The van der Waals surface area contributed by atoms with Crippen molar-refractivity contribution in [2.75, 3.05) is 5.32 Å². The Balaban J connectivity index is 1.94. The first-order chi connectivity index (χ1) is 8.74. The molecular weight excluding hydrogens is 233 g/mol. The predicted molar refractivity (Wildman–Crippen MR) is 64.5 cm³/mol. The van der Waals surface area contributed by atoms with Gasteiger partial charge in [-0.05, 0) is 29.8 Å². The van der Waals surface area contributed by atoms with E-state index in [0.717, 1.165) is 5.56 Å². The van der Waals surface area contributed by atoms with E-state index in [9.17, 15) is 9.18 Å². The highest BCUT2D eigenvalue weighted by Gasteiger charge is 2.24. The number of rotatable bonds is 1. The van der Waals surface area contributed by atoms with Gasteiger partial charge < -0.3 is 10.6 Å². The van der Waals surface area contributed by atoms with Crippen molar-refractivity contribution in [3.05, 3.63) is 59.5 Å². The number of nitrogens with zero attached hydrogens (tertiary/aromatic N) is 1. The van der Waals surface area contributed by atoms with Crippen molar-refractivity contribution in [3.8, 4) is 0 Å². The maximum absolute atomic E-state index is 12.8. The number of halogens is 1. The highest BCUT2D eigenvalue weighted by Crippen LogP contribution is 2.24. The summed E-state index contributed by atoms with van der Waals surface area (Å²) in [5.41, 5.74) is 1.29. The second-order valence-electron chi connectivity index (χ2n) is 4.00. The van der Waals surface area contributed by atoms with E-state index in [0.29, 0.717) is 11.4 Å². The lowest BCUT2D eigenvalue weighted by Gasteiger charge is -2.27. The van der Waals surface area contributed by atoms with E-state index in [-0.39, 0.29) is 17.9 Å². The third-order valence-corrected chi connectivity index (χ3v) is 2.81. The lowest BCUT2D eigenvalue weighted by atomic mass is 10.1. The zero-order valence-electron chi connectivity index (χ0n) is 9.35. The zero-order chi connectivity index (χ0) is 12.5. The average Bonchev–Trinajstić information content (AvgIpc) is 2.39. The van der Waals surface area contributed by atoms with Crippen molar-refractivity contribution in [2.24, 2.45) is 0 Å². The van der Waals surface area contributed by atoms with Gasteiger partial charge in [-0.1, -0.05) is 12.1 Å². The minimum Gasteiger partial charge on any atom is -0.346 e. The topological polar surface area (TPSA) is 54.0 Å². The van der Waals surface area contributed by atoms with Crippen molar-refractivity contribution < 1.29 is 9.18 Å². The van der Waals surface area contributed by atoms with E-state index in [1.54, 1.807) is 30.5 Å². The third-order valence-electron chi connectivity index (χ3n) is 2.81. The van der Waals surface area contributed by atoms with Gasteiger partial charge in [-0.3, -0.25) is 4.79 Å². The van der Waals surface area contributed by atoms with Crippen molar-refractivity contribution in [3.63, 3.8) is 0 Å². The highest BCUT2D eigenvalue weighted by molar-refractivity contribution is 6.00. The molecule has 90 valence electrons. The van der Waals surface area contributed by atoms with E-state index < -0.39 is 0 Å². The molecule has 0 radical (unpaired) electrons. The van der Waals surface area contributed by atoms with Gasteiger partial charge in [0.05, 0.1) is 5.56 Å². The minimum absolute atomic E-state index is 0.189. The van der Waals surface area contributed by atoms with E-state index in [1.807, 2.05) is 0 Å². The van der Waals surface area contributed by atoms with Crippen molar-refractivity contribution >= 4 is 11.7 Å². The number of fused-ring (bicyclic) bond motifs is 1. The summed E-state index contributed by atoms with van der Waals surface area (Å²) in [5, 5.41) is 5.89. The van der Waals surface area contributed by atoms with Crippen molar-refractivity contribution in [2.45, 2.75) is 6.17 Å². The summed E-state index contributed by atoms with van der Waals surface area (Å²) in [6.45, 7) is 0. The lowest BCUT2D eigenvalue weighted by Crippen LogP contribution is -2.38. The molecule has 0 bridgehead atoms. The number of pyridine rings is 1. The molecule has 1 aromatic carbocycles. The van der Waals surface area contributed by atoms with Crippen LogP contribution in [0.4, 0.5) is 10.2 Å². The summed E-state index contributed by atoms with van der Waals surface area (Å²) in [7, 11) is 0. The summed E-state index contributed by atoms with van der Waals surface area (Å²) in [6, 6.07) is 9.38. The minimum atomic E-state index is -0.388. The number of carbonyl (C=O) groups excluding carboxylic acids is 1. The molecule has 0 saturated heterocycles. The molecule has 0 unspecified atom stereocenters. The van der Waals surface area contributed by atoms with Gasteiger partial charge in [0.15, 0.2) is 0 Å². The van der Waals surface area contributed by atoms with Gasteiger partial charge in [0.1, 0.15) is 17.8 Å². The Morgan fingerprint density at radius 1 is 1.11 bits per heavy atom. The number of carbonyl (C=O) groups is 1. The molecule has 5 heteroatoms. The van der Waals surface area contributed by atoms with Crippen LogP contribution in [0.1, 0.15) is 22.1 Å². The quantitative estimate of drug-likeness (QED) is 0.806. The Hall–Kier alpha value is -2.43. The fourth-order valence-electron chi connectivity index (χ4n) is 1.91. The molecule has 0 spiro atoms. The number of anilines is 1. The molecule has 3 rings (SSSR count). The Kier molecular flexibility index (Phi) is 2.44. The third kappa shape index (κ3) is 1.79. The van der Waals surface area contributed by atoms with Crippen LogP contribution in [0.2, 0.25) is 0 Å². The maximum atomic E-state index is 12.8. The van der Waals surface area contributed by atoms with Crippen LogP contribution in [0.15, 0.2) is 42.6 Å². The molecule has 1 aliphatic rings. The second-order valence-corrected chi connectivity index (χ2v) is 4.00. The summed E-state index contributed by atoms with van der Waals surface area (Å²) in [6.07, 6.45) is 1.23. The molecule has 2 heterocycles. The van der Waals surface area contributed by atoms with Gasteiger partial charge in [-0.2, -0.15) is 0 Å². The van der Waals surface area contributed by atoms with Gasteiger partial charge in [0.2, 0.25) is 0 Å². The number of hydrogen-bond donors (Lipinski definition) is 2. The SMILES string of the molecule is O=C1N[C@@H](c2ccc(F)cc2)Nc2ncccc21. The average molecular weight is 243 g/mol. The van der Waals surface area contributed by atoms with Gasteiger partial charge >= 0.3 is 0 Å². The van der Waals surface area contributed by atoms with E-state index in [2.05, 4.69) is 15.6 Å². The number of nitrogens with one attached hydrogen (secondary N) is 2. The van der Waals surface area contributed by atoms with Crippen molar-refractivity contribution in [1.29, 1.82) is 0 Å². The molecule has 4 nitrogen and oxygen atoms in total. The first kappa shape index (κ1) is 10.7. The highest BCUT2D eigenvalue weighted by atomic mass is 19.1. The monoisotopic (exact) mass is 243 g/mol. The van der Waals surface area contributed by atoms with Crippen molar-refractivity contribution in [1.82, 2.24) is 10.3 Å². The van der Waals surface area contributed by atoms with E-state index >= 15 is 0 Å². The number of amides is 1. The van der Waals surface area contributed by atoms with Crippen LogP contribution in [-0.2, 0) is 0 Å². The molecule has 0 saturated carbocycles. The lowest BCUT2D eigenvalue weighted by molar-refractivity contribution is 0.0935. The summed E-state index contributed by atoms with van der Waals surface area (Å²) in [5.74, 6) is 0.0427. The molecule has 1 aliphatic heterocycles. The second kappa shape index (κ2) is 4.10. The van der Waals surface area contributed by atoms with Crippen LogP contribution in [0, 0.1) is 5.82 Å². The van der Waals surface area contributed by atoms with E-state index in [1.165, 1.54) is 12.1 Å².